The number of ether oxygens (including phenoxy) is 1. The highest BCUT2D eigenvalue weighted by Crippen LogP contribution is 2.21. The maximum absolute atomic E-state index is 5.78. The second kappa shape index (κ2) is 6.80. The van der Waals surface area contributed by atoms with E-state index < -0.39 is 0 Å². The number of anilines is 1. The molecule has 7 heteroatoms. The number of aromatic nitrogens is 4. The second-order valence-electron chi connectivity index (χ2n) is 6.48. The normalized spacial score (nSPS) is 22.6. The van der Waals surface area contributed by atoms with E-state index in [1.54, 1.807) is 10.8 Å². The molecule has 2 aromatic rings. The number of aryl methyl sites for hydroxylation is 1. The zero-order valence-electron chi connectivity index (χ0n) is 14.4. The van der Waals surface area contributed by atoms with Gasteiger partial charge < -0.3 is 10.1 Å². The van der Waals surface area contributed by atoms with Crippen molar-refractivity contribution in [2.24, 2.45) is 0 Å². The Bertz CT molecular complexity index is 660. The SMILES string of the molecule is Cc1nn2cnnc2c(NCCCN2C[C@@H](C)O[C@@H](C)C2)c1C. The fourth-order valence-corrected chi connectivity index (χ4v) is 3.25. The molecule has 0 amide bonds. The maximum Gasteiger partial charge on any atom is 0.200 e. The summed E-state index contributed by atoms with van der Waals surface area (Å²) in [5.41, 5.74) is 3.97. The summed E-state index contributed by atoms with van der Waals surface area (Å²) in [7, 11) is 0. The van der Waals surface area contributed by atoms with Crippen molar-refractivity contribution in [3.63, 3.8) is 0 Å². The van der Waals surface area contributed by atoms with Crippen LogP contribution in [-0.4, -0.2) is 63.1 Å². The van der Waals surface area contributed by atoms with Gasteiger partial charge in [0.2, 0.25) is 5.65 Å². The quantitative estimate of drug-likeness (QED) is 0.846. The Kier molecular flexibility index (Phi) is 4.77. The second-order valence-corrected chi connectivity index (χ2v) is 6.48. The molecule has 1 aliphatic heterocycles. The first-order chi connectivity index (χ1) is 11.0. The summed E-state index contributed by atoms with van der Waals surface area (Å²) >= 11 is 0. The van der Waals surface area contributed by atoms with Crippen molar-refractivity contribution < 1.29 is 4.74 Å². The van der Waals surface area contributed by atoms with Crippen molar-refractivity contribution in [3.8, 4) is 0 Å². The summed E-state index contributed by atoms with van der Waals surface area (Å²) in [6, 6.07) is 0. The minimum Gasteiger partial charge on any atom is -0.382 e. The number of hydrogen-bond acceptors (Lipinski definition) is 6. The first-order valence-electron chi connectivity index (χ1n) is 8.33. The highest BCUT2D eigenvalue weighted by Gasteiger charge is 2.21. The average molecular weight is 318 g/mol. The van der Waals surface area contributed by atoms with Crippen molar-refractivity contribution >= 4 is 11.3 Å². The molecule has 0 saturated carbocycles. The molecule has 2 aromatic heterocycles. The Labute approximate surface area is 137 Å². The summed E-state index contributed by atoms with van der Waals surface area (Å²) in [6.45, 7) is 12.4. The van der Waals surface area contributed by atoms with Crippen LogP contribution in [0, 0.1) is 13.8 Å². The molecule has 3 heterocycles. The molecule has 126 valence electrons. The van der Waals surface area contributed by atoms with E-state index in [-0.39, 0.29) is 0 Å². The Hall–Kier alpha value is -1.73. The van der Waals surface area contributed by atoms with Gasteiger partial charge in [-0.1, -0.05) is 0 Å². The summed E-state index contributed by atoms with van der Waals surface area (Å²) < 4.78 is 7.51. The van der Waals surface area contributed by atoms with Crippen molar-refractivity contribution in [3.05, 3.63) is 17.6 Å². The van der Waals surface area contributed by atoms with Gasteiger partial charge >= 0.3 is 0 Å². The lowest BCUT2D eigenvalue weighted by Gasteiger charge is -2.35. The molecule has 1 aliphatic rings. The number of fused-ring (bicyclic) bond motifs is 1. The highest BCUT2D eigenvalue weighted by molar-refractivity contribution is 5.71. The molecule has 0 unspecified atom stereocenters. The van der Waals surface area contributed by atoms with E-state index in [4.69, 9.17) is 4.74 Å². The van der Waals surface area contributed by atoms with Crippen LogP contribution in [0.5, 0.6) is 0 Å². The van der Waals surface area contributed by atoms with Gasteiger partial charge in [0.25, 0.3) is 0 Å². The van der Waals surface area contributed by atoms with Crippen LogP contribution in [0.3, 0.4) is 0 Å². The Morgan fingerprint density at radius 2 is 2.00 bits per heavy atom. The van der Waals surface area contributed by atoms with Crippen LogP contribution in [0.2, 0.25) is 0 Å². The van der Waals surface area contributed by atoms with Crippen LogP contribution in [0.15, 0.2) is 6.33 Å². The molecule has 7 nitrogen and oxygen atoms in total. The number of nitrogens with zero attached hydrogens (tertiary/aromatic N) is 5. The lowest BCUT2D eigenvalue weighted by atomic mass is 10.2. The fourth-order valence-electron chi connectivity index (χ4n) is 3.25. The van der Waals surface area contributed by atoms with Gasteiger partial charge in [-0.05, 0) is 39.7 Å². The Morgan fingerprint density at radius 3 is 2.74 bits per heavy atom. The summed E-state index contributed by atoms with van der Waals surface area (Å²) in [6.07, 6.45) is 3.38. The van der Waals surface area contributed by atoms with Crippen molar-refractivity contribution in [2.75, 3.05) is 31.5 Å². The monoisotopic (exact) mass is 318 g/mol. The molecule has 23 heavy (non-hydrogen) atoms. The van der Waals surface area contributed by atoms with E-state index in [9.17, 15) is 0 Å². The lowest BCUT2D eigenvalue weighted by molar-refractivity contribution is -0.0678. The molecule has 0 aromatic carbocycles. The third kappa shape index (κ3) is 3.61. The molecular formula is C16H26N6O. The molecule has 0 radical (unpaired) electrons. The summed E-state index contributed by atoms with van der Waals surface area (Å²) in [5, 5.41) is 16.1. The molecule has 3 rings (SSSR count). The minimum absolute atomic E-state index is 0.326. The standard InChI is InChI=1S/C16H26N6O/c1-11-8-21(9-12(2)23-11)7-5-6-17-15-13(3)14(4)20-22-10-18-19-16(15)22/h10-12,17H,5-9H2,1-4H3/t11-,12+. The molecule has 0 spiro atoms. The first-order valence-corrected chi connectivity index (χ1v) is 8.33. The van der Waals surface area contributed by atoms with E-state index in [1.807, 2.05) is 6.92 Å². The molecule has 0 aliphatic carbocycles. The van der Waals surface area contributed by atoms with Gasteiger partial charge in [0.15, 0.2) is 0 Å². The predicted octanol–water partition coefficient (Wildman–Crippen LogP) is 1.65. The number of nitrogens with one attached hydrogen (secondary N) is 1. The minimum atomic E-state index is 0.326. The number of hydrogen-bond donors (Lipinski definition) is 1. The van der Waals surface area contributed by atoms with Crippen LogP contribution < -0.4 is 5.32 Å². The van der Waals surface area contributed by atoms with E-state index >= 15 is 0 Å². The van der Waals surface area contributed by atoms with Gasteiger partial charge in [-0.2, -0.15) is 9.61 Å². The zero-order chi connectivity index (χ0) is 16.4. The third-order valence-corrected chi connectivity index (χ3v) is 4.38. The molecule has 1 saturated heterocycles. The van der Waals surface area contributed by atoms with Gasteiger partial charge in [0.05, 0.1) is 23.6 Å². The molecule has 2 atom stereocenters. The molecule has 0 bridgehead atoms. The van der Waals surface area contributed by atoms with Crippen molar-refractivity contribution in [2.45, 2.75) is 46.3 Å². The Balaban J connectivity index is 1.57. The average Bonchev–Trinajstić information content (AvgIpc) is 2.93. The zero-order valence-corrected chi connectivity index (χ0v) is 14.4. The smallest absolute Gasteiger partial charge is 0.200 e. The van der Waals surface area contributed by atoms with Crippen molar-refractivity contribution in [1.82, 2.24) is 24.7 Å². The molecule has 1 fully saturated rings. The van der Waals surface area contributed by atoms with E-state index in [2.05, 4.69) is 46.3 Å². The number of morpholine rings is 1. The maximum atomic E-state index is 5.78. The van der Waals surface area contributed by atoms with Gasteiger partial charge in [-0.3, -0.25) is 4.90 Å². The predicted molar refractivity (Wildman–Crippen MR) is 89.8 cm³/mol. The Morgan fingerprint density at radius 1 is 1.26 bits per heavy atom. The van der Waals surface area contributed by atoms with Crippen LogP contribution in [0.1, 0.15) is 31.5 Å². The topological polar surface area (TPSA) is 67.6 Å². The van der Waals surface area contributed by atoms with E-state index in [1.165, 1.54) is 0 Å². The van der Waals surface area contributed by atoms with Gasteiger partial charge in [0.1, 0.15) is 6.33 Å². The van der Waals surface area contributed by atoms with Crippen LogP contribution in [0.4, 0.5) is 5.69 Å². The fraction of sp³-hybridized carbons (Fsp3) is 0.688. The van der Waals surface area contributed by atoms with Crippen LogP contribution >= 0.6 is 0 Å². The van der Waals surface area contributed by atoms with E-state index in [0.717, 1.165) is 55.2 Å². The third-order valence-electron chi connectivity index (χ3n) is 4.38. The van der Waals surface area contributed by atoms with Crippen LogP contribution in [0.25, 0.3) is 5.65 Å². The molecule has 1 N–H and O–H groups in total. The largest absolute Gasteiger partial charge is 0.382 e. The summed E-state index contributed by atoms with van der Waals surface area (Å²) in [4.78, 5) is 2.48. The van der Waals surface area contributed by atoms with Gasteiger partial charge in [-0.15, -0.1) is 10.2 Å². The number of rotatable bonds is 5. The van der Waals surface area contributed by atoms with E-state index in [0.29, 0.717) is 12.2 Å². The van der Waals surface area contributed by atoms with Crippen molar-refractivity contribution in [1.29, 1.82) is 0 Å². The van der Waals surface area contributed by atoms with Gasteiger partial charge in [0, 0.05) is 26.2 Å². The lowest BCUT2D eigenvalue weighted by Crippen LogP contribution is -2.45. The van der Waals surface area contributed by atoms with Gasteiger partial charge in [-0.25, -0.2) is 0 Å². The highest BCUT2D eigenvalue weighted by atomic mass is 16.5. The summed E-state index contributed by atoms with van der Waals surface area (Å²) in [5.74, 6) is 0. The first kappa shape index (κ1) is 16.1. The molecular weight excluding hydrogens is 292 g/mol. The van der Waals surface area contributed by atoms with Crippen LogP contribution in [-0.2, 0) is 4.74 Å².